The van der Waals surface area contributed by atoms with Crippen molar-refractivity contribution in [3.63, 3.8) is 0 Å². The molecule has 8 nitrogen and oxygen atoms in total. The predicted molar refractivity (Wildman–Crippen MR) is 91.9 cm³/mol. The maximum atomic E-state index is 11.7. The molecule has 1 saturated heterocycles. The van der Waals surface area contributed by atoms with Crippen LogP contribution in [0.1, 0.15) is 21.9 Å². The molecule has 0 aromatic carbocycles. The number of hydrogen-bond donors (Lipinski definition) is 1. The molecule has 1 unspecified atom stereocenters. The fourth-order valence-corrected chi connectivity index (χ4v) is 3.04. The largest absolute Gasteiger partial charge is 0.380 e. The third-order valence-electron chi connectivity index (χ3n) is 4.41. The number of rotatable bonds is 5. The number of hydrogen-bond acceptors (Lipinski definition) is 6. The van der Waals surface area contributed by atoms with Gasteiger partial charge in [0.05, 0.1) is 25.2 Å². The Kier molecular flexibility index (Phi) is 5.72. The highest BCUT2D eigenvalue weighted by atomic mass is 16.5. The van der Waals surface area contributed by atoms with Crippen LogP contribution in [0.4, 0.5) is 0 Å². The molecule has 1 aliphatic heterocycles. The highest BCUT2D eigenvalue weighted by molar-refractivity contribution is 5.91. The molecule has 1 fully saturated rings. The zero-order chi connectivity index (χ0) is 17.6. The quantitative estimate of drug-likeness (QED) is 0.838. The maximum absolute atomic E-state index is 11.7. The topological polar surface area (TPSA) is 85.2 Å². The van der Waals surface area contributed by atoms with Crippen LogP contribution in [0, 0.1) is 5.92 Å². The smallest absolute Gasteiger partial charge is 0.269 e. The Bertz CT molecular complexity index is 717. The molecule has 1 aliphatic rings. The van der Waals surface area contributed by atoms with Crippen molar-refractivity contribution in [1.82, 2.24) is 29.7 Å². The normalized spacial score (nSPS) is 18.7. The second-order valence-corrected chi connectivity index (χ2v) is 6.35. The van der Waals surface area contributed by atoms with Crippen molar-refractivity contribution in [2.24, 2.45) is 13.0 Å². The summed E-state index contributed by atoms with van der Waals surface area (Å²) in [6, 6.07) is 1.76. The first-order chi connectivity index (χ1) is 12.2. The third-order valence-corrected chi connectivity index (χ3v) is 4.41. The molecular weight excluding hydrogens is 320 g/mol. The summed E-state index contributed by atoms with van der Waals surface area (Å²) >= 11 is 0. The van der Waals surface area contributed by atoms with Gasteiger partial charge in [0.2, 0.25) is 0 Å². The lowest BCUT2D eigenvalue weighted by Crippen LogP contribution is -2.31. The van der Waals surface area contributed by atoms with Crippen molar-refractivity contribution >= 4 is 5.91 Å². The Labute approximate surface area is 147 Å². The van der Waals surface area contributed by atoms with Gasteiger partial charge in [-0.2, -0.15) is 0 Å². The number of carbonyl (C=O) groups excluding carboxylic acids is 1. The molecule has 0 saturated carbocycles. The van der Waals surface area contributed by atoms with E-state index in [1.807, 2.05) is 24.1 Å². The minimum atomic E-state index is -0.196. The van der Waals surface area contributed by atoms with Crippen LogP contribution >= 0.6 is 0 Å². The van der Waals surface area contributed by atoms with E-state index in [1.54, 1.807) is 13.1 Å². The van der Waals surface area contributed by atoms with E-state index in [0.29, 0.717) is 18.2 Å². The summed E-state index contributed by atoms with van der Waals surface area (Å²) in [5.41, 5.74) is 2.45. The molecular formula is C17H24N6O2. The molecule has 2 aromatic heterocycles. The van der Waals surface area contributed by atoms with Gasteiger partial charge >= 0.3 is 0 Å². The minimum Gasteiger partial charge on any atom is -0.380 e. The maximum Gasteiger partial charge on any atom is 0.269 e. The Hall–Kier alpha value is -2.32. The van der Waals surface area contributed by atoms with Crippen molar-refractivity contribution < 1.29 is 9.53 Å². The molecule has 134 valence electrons. The summed E-state index contributed by atoms with van der Waals surface area (Å²) in [6.45, 7) is 4.09. The lowest BCUT2D eigenvalue weighted by atomic mass is 10.0. The van der Waals surface area contributed by atoms with E-state index in [4.69, 9.17) is 4.74 Å². The molecule has 1 amide bonds. The second kappa shape index (κ2) is 8.17. The summed E-state index contributed by atoms with van der Waals surface area (Å²) in [7, 11) is 3.61. The SMILES string of the molecule is CNC(=O)c1cc(CC2COCCN(Cc3cncn3C)C2)ncn1. The van der Waals surface area contributed by atoms with Crippen molar-refractivity contribution in [3.8, 4) is 0 Å². The molecule has 1 atom stereocenters. The zero-order valence-corrected chi connectivity index (χ0v) is 14.7. The fraction of sp³-hybridized carbons (Fsp3) is 0.529. The number of ether oxygens (including phenoxy) is 1. The molecule has 0 spiro atoms. The molecule has 0 aliphatic carbocycles. The van der Waals surface area contributed by atoms with Gasteiger partial charge in [-0.3, -0.25) is 9.69 Å². The van der Waals surface area contributed by atoms with Crippen molar-refractivity contribution in [1.29, 1.82) is 0 Å². The number of aromatic nitrogens is 4. The van der Waals surface area contributed by atoms with Gasteiger partial charge < -0.3 is 14.6 Å². The van der Waals surface area contributed by atoms with E-state index in [1.165, 1.54) is 12.0 Å². The lowest BCUT2D eigenvalue weighted by molar-refractivity contribution is 0.0957. The Morgan fingerprint density at radius 3 is 3.08 bits per heavy atom. The molecule has 3 heterocycles. The van der Waals surface area contributed by atoms with Crippen LogP contribution in [0.5, 0.6) is 0 Å². The van der Waals surface area contributed by atoms with Crippen LogP contribution in [0.25, 0.3) is 0 Å². The number of imidazole rings is 1. The monoisotopic (exact) mass is 344 g/mol. The van der Waals surface area contributed by atoms with E-state index in [-0.39, 0.29) is 5.91 Å². The van der Waals surface area contributed by atoms with Crippen LogP contribution in [0.15, 0.2) is 24.9 Å². The van der Waals surface area contributed by atoms with Gasteiger partial charge in [-0.25, -0.2) is 15.0 Å². The first-order valence-electron chi connectivity index (χ1n) is 8.44. The van der Waals surface area contributed by atoms with Gasteiger partial charge in [-0.05, 0) is 12.5 Å². The van der Waals surface area contributed by atoms with Gasteiger partial charge in [-0.15, -0.1) is 0 Å². The Morgan fingerprint density at radius 1 is 1.44 bits per heavy atom. The van der Waals surface area contributed by atoms with E-state index in [9.17, 15) is 4.79 Å². The molecule has 0 radical (unpaired) electrons. The Balaban J connectivity index is 1.65. The molecule has 2 aromatic rings. The molecule has 0 bridgehead atoms. The highest BCUT2D eigenvalue weighted by Gasteiger charge is 2.21. The molecule has 1 N–H and O–H groups in total. The van der Waals surface area contributed by atoms with E-state index >= 15 is 0 Å². The first kappa shape index (κ1) is 17.5. The first-order valence-corrected chi connectivity index (χ1v) is 8.44. The number of nitrogens with one attached hydrogen (secondary N) is 1. The average molecular weight is 344 g/mol. The van der Waals surface area contributed by atoms with Gasteiger partial charge in [0.15, 0.2) is 0 Å². The van der Waals surface area contributed by atoms with Gasteiger partial charge in [0.1, 0.15) is 12.0 Å². The number of carbonyl (C=O) groups is 1. The summed E-state index contributed by atoms with van der Waals surface area (Å²) in [5.74, 6) is 0.127. The highest BCUT2D eigenvalue weighted by Crippen LogP contribution is 2.15. The third kappa shape index (κ3) is 4.61. The van der Waals surface area contributed by atoms with E-state index in [2.05, 4.69) is 25.2 Å². The van der Waals surface area contributed by atoms with Crippen LogP contribution in [-0.2, 0) is 24.8 Å². The zero-order valence-electron chi connectivity index (χ0n) is 14.7. The predicted octanol–water partition coefficient (Wildman–Crippen LogP) is 0.261. The van der Waals surface area contributed by atoms with Crippen LogP contribution in [0.3, 0.4) is 0 Å². The van der Waals surface area contributed by atoms with E-state index in [0.717, 1.165) is 38.4 Å². The standard InChI is InChI=1S/C17H24N6O2/c1-18-17(24)16-6-14(20-11-21-16)5-13-8-23(3-4-25-10-13)9-15-7-19-12-22(15)2/h6-7,11-13H,3-5,8-10H2,1-2H3,(H,18,24). The van der Waals surface area contributed by atoms with Gasteiger partial charge in [0, 0.05) is 51.5 Å². The molecule has 3 rings (SSSR count). The summed E-state index contributed by atoms with van der Waals surface area (Å²) in [6.07, 6.45) is 5.93. The van der Waals surface area contributed by atoms with Crippen molar-refractivity contribution in [2.75, 3.05) is 33.4 Å². The summed E-state index contributed by atoms with van der Waals surface area (Å²) < 4.78 is 7.81. The summed E-state index contributed by atoms with van der Waals surface area (Å²) in [5, 5.41) is 2.59. The van der Waals surface area contributed by atoms with Crippen LogP contribution < -0.4 is 5.32 Å². The lowest BCUT2D eigenvalue weighted by Gasteiger charge is -2.23. The Morgan fingerprint density at radius 2 is 2.32 bits per heavy atom. The number of amides is 1. The van der Waals surface area contributed by atoms with Crippen molar-refractivity contribution in [2.45, 2.75) is 13.0 Å². The number of aryl methyl sites for hydroxylation is 1. The molecule has 8 heteroatoms. The minimum absolute atomic E-state index is 0.196. The van der Waals surface area contributed by atoms with Crippen LogP contribution in [0.2, 0.25) is 0 Å². The average Bonchev–Trinajstić information content (AvgIpc) is 2.89. The molecule has 25 heavy (non-hydrogen) atoms. The fourth-order valence-electron chi connectivity index (χ4n) is 3.04. The van der Waals surface area contributed by atoms with E-state index < -0.39 is 0 Å². The van der Waals surface area contributed by atoms with Crippen molar-refractivity contribution in [3.05, 3.63) is 42.0 Å². The van der Waals surface area contributed by atoms with Gasteiger partial charge in [0.25, 0.3) is 5.91 Å². The summed E-state index contributed by atoms with van der Waals surface area (Å²) in [4.78, 5) is 26.6. The number of nitrogens with zero attached hydrogens (tertiary/aromatic N) is 5. The van der Waals surface area contributed by atoms with Gasteiger partial charge in [-0.1, -0.05) is 0 Å². The van der Waals surface area contributed by atoms with Crippen LogP contribution in [-0.4, -0.2) is 63.7 Å². The second-order valence-electron chi connectivity index (χ2n) is 6.35.